The quantitative estimate of drug-likeness (QED) is 0.218. The van der Waals surface area contributed by atoms with Crippen molar-refractivity contribution in [2.75, 3.05) is 19.6 Å². The molecule has 13 heteroatoms. The standard InChI is InChI=1S/C15H21F3N3.C9H6BrF3N2.BrH/c1-4-21(5-2,6-3)11-12-7-9-13(10-8-12)14(19-20-14)15(16,17)18;10-5-6-1-3-7(4-2-6)8(14-15-8)9(11,12)13;/h7-10H,4-6,11H2,1-3H3;1-4H,5H2;1H/q+1;;/p-1. The Labute approximate surface area is 230 Å². The number of benzene rings is 2. The van der Waals surface area contributed by atoms with Crippen LogP contribution < -0.4 is 17.0 Å². The van der Waals surface area contributed by atoms with Gasteiger partial charge in [0, 0.05) is 22.0 Å². The van der Waals surface area contributed by atoms with Gasteiger partial charge in [-0.2, -0.15) is 26.3 Å². The van der Waals surface area contributed by atoms with Gasteiger partial charge in [-0.05, 0) is 26.3 Å². The molecule has 4 rings (SSSR count). The van der Waals surface area contributed by atoms with Crippen LogP contribution >= 0.6 is 15.9 Å². The third-order valence-electron chi connectivity index (χ3n) is 6.79. The van der Waals surface area contributed by atoms with E-state index < -0.39 is 23.7 Å². The van der Waals surface area contributed by atoms with E-state index in [0.29, 0.717) is 5.33 Å². The van der Waals surface area contributed by atoms with Crippen LogP contribution in [0.25, 0.3) is 0 Å². The van der Waals surface area contributed by atoms with Gasteiger partial charge in [0.25, 0.3) is 0 Å². The van der Waals surface area contributed by atoms with Crippen LogP contribution in [0, 0.1) is 0 Å². The number of rotatable bonds is 8. The summed E-state index contributed by atoms with van der Waals surface area (Å²) in [6.07, 6.45) is -8.90. The van der Waals surface area contributed by atoms with Crippen LogP contribution in [0.2, 0.25) is 0 Å². The lowest BCUT2D eigenvalue weighted by Gasteiger charge is -2.36. The van der Waals surface area contributed by atoms with Crippen LogP contribution in [0.1, 0.15) is 43.0 Å². The van der Waals surface area contributed by atoms with Crippen molar-refractivity contribution in [3.8, 4) is 0 Å². The molecule has 2 aliphatic rings. The normalized spacial score (nSPS) is 16.9. The van der Waals surface area contributed by atoms with Gasteiger partial charge in [-0.25, -0.2) is 0 Å². The molecule has 0 atom stereocenters. The summed E-state index contributed by atoms with van der Waals surface area (Å²) in [7, 11) is 0. The molecule has 2 aromatic carbocycles. The van der Waals surface area contributed by atoms with Crippen LogP contribution in [-0.4, -0.2) is 36.5 Å². The molecule has 0 N–H and O–H groups in total. The fraction of sp³-hybridized carbons (Fsp3) is 0.500. The first-order valence-electron chi connectivity index (χ1n) is 11.4. The summed E-state index contributed by atoms with van der Waals surface area (Å²) in [6.45, 7) is 10.3. The third-order valence-corrected chi connectivity index (χ3v) is 7.44. The Kier molecular flexibility index (Phi) is 9.73. The molecule has 2 aromatic rings. The molecule has 0 bridgehead atoms. The fourth-order valence-electron chi connectivity index (χ4n) is 3.95. The summed E-state index contributed by atoms with van der Waals surface area (Å²) in [4.78, 5) is 0. The van der Waals surface area contributed by atoms with E-state index in [-0.39, 0.29) is 28.1 Å². The van der Waals surface area contributed by atoms with E-state index in [1.54, 1.807) is 24.3 Å². The first-order chi connectivity index (χ1) is 16.8. The predicted molar refractivity (Wildman–Crippen MR) is 126 cm³/mol. The molecule has 0 aromatic heterocycles. The SMILES string of the molecule is CC[N+](CC)(CC)Cc1ccc(C2(C(F)(F)F)N=N2)cc1.FC(F)(F)C1(c2ccc(CBr)cc2)N=N1.[Br-]. The van der Waals surface area contributed by atoms with Gasteiger partial charge >= 0.3 is 23.7 Å². The minimum Gasteiger partial charge on any atom is -1.00 e. The molecule has 37 heavy (non-hydrogen) atoms. The monoisotopic (exact) mass is 657 g/mol. The highest BCUT2D eigenvalue weighted by Crippen LogP contribution is 2.53. The van der Waals surface area contributed by atoms with E-state index >= 15 is 0 Å². The van der Waals surface area contributed by atoms with Gasteiger partial charge in [0.05, 0.1) is 19.6 Å². The maximum absolute atomic E-state index is 12.9. The molecule has 0 spiro atoms. The first kappa shape index (κ1) is 31.4. The van der Waals surface area contributed by atoms with Crippen molar-refractivity contribution in [3.05, 3.63) is 70.8 Å². The number of hydrogen-bond donors (Lipinski definition) is 0. The lowest BCUT2D eigenvalue weighted by Crippen LogP contribution is -3.00. The first-order valence-corrected chi connectivity index (χ1v) is 12.6. The Morgan fingerprint density at radius 1 is 0.649 bits per heavy atom. The van der Waals surface area contributed by atoms with Crippen LogP contribution in [-0.2, 0) is 23.2 Å². The van der Waals surface area contributed by atoms with Gasteiger partial charge in [-0.3, -0.25) is 0 Å². The van der Waals surface area contributed by atoms with Crippen LogP contribution in [0.4, 0.5) is 26.3 Å². The number of quaternary nitrogens is 1. The maximum Gasteiger partial charge on any atom is 0.442 e. The Morgan fingerprint density at radius 2 is 0.973 bits per heavy atom. The summed E-state index contributed by atoms with van der Waals surface area (Å²) in [5.74, 6) is 0. The average molecular weight is 659 g/mol. The van der Waals surface area contributed by atoms with Crippen molar-refractivity contribution in [2.45, 2.75) is 56.3 Å². The molecular formula is C24H27Br2F6N5. The summed E-state index contributed by atoms with van der Waals surface area (Å²) in [5, 5.41) is 13.3. The van der Waals surface area contributed by atoms with Crippen LogP contribution in [0.3, 0.4) is 0 Å². The second-order valence-electron chi connectivity index (χ2n) is 8.72. The molecule has 0 saturated carbocycles. The largest absolute Gasteiger partial charge is 1.00 e. The second-order valence-corrected chi connectivity index (χ2v) is 9.28. The Bertz CT molecular complexity index is 1070. The number of hydrogen-bond acceptors (Lipinski definition) is 4. The van der Waals surface area contributed by atoms with E-state index in [9.17, 15) is 26.3 Å². The second kappa shape index (κ2) is 11.5. The summed E-state index contributed by atoms with van der Waals surface area (Å²) < 4.78 is 77.4. The van der Waals surface area contributed by atoms with Crippen molar-refractivity contribution in [1.82, 2.24) is 0 Å². The molecule has 0 aliphatic carbocycles. The number of alkyl halides is 7. The number of nitrogens with zero attached hydrogens (tertiary/aromatic N) is 5. The van der Waals surface area contributed by atoms with Crippen molar-refractivity contribution >= 4 is 15.9 Å². The molecule has 5 nitrogen and oxygen atoms in total. The van der Waals surface area contributed by atoms with Gasteiger partial charge in [-0.1, -0.05) is 64.5 Å². The van der Waals surface area contributed by atoms with Crippen LogP contribution in [0.15, 0.2) is 69.0 Å². The van der Waals surface area contributed by atoms with Gasteiger partial charge in [0.2, 0.25) is 0 Å². The molecule has 0 radical (unpaired) electrons. The van der Waals surface area contributed by atoms with E-state index in [2.05, 4.69) is 57.2 Å². The minimum atomic E-state index is -4.45. The molecule has 0 unspecified atom stereocenters. The van der Waals surface area contributed by atoms with Crippen molar-refractivity contribution < 1.29 is 47.8 Å². The maximum atomic E-state index is 12.9. The highest BCUT2D eigenvalue weighted by Gasteiger charge is 2.65. The molecule has 0 fully saturated rings. The Morgan fingerprint density at radius 3 is 1.22 bits per heavy atom. The highest BCUT2D eigenvalue weighted by molar-refractivity contribution is 9.08. The molecule has 204 valence electrons. The fourth-order valence-corrected chi connectivity index (χ4v) is 4.32. The van der Waals surface area contributed by atoms with E-state index in [0.717, 1.165) is 41.8 Å². The zero-order chi connectivity index (χ0) is 26.8. The third kappa shape index (κ3) is 6.42. The lowest BCUT2D eigenvalue weighted by atomic mass is 10.0. The number of halogens is 8. The summed E-state index contributed by atoms with van der Waals surface area (Å²) in [6, 6.07) is 12.6. The zero-order valence-corrected chi connectivity index (χ0v) is 23.6. The Hall–Kier alpha value is -1.86. The molecular weight excluding hydrogens is 632 g/mol. The molecule has 0 amide bonds. The van der Waals surface area contributed by atoms with Crippen molar-refractivity contribution in [3.63, 3.8) is 0 Å². The van der Waals surface area contributed by atoms with Gasteiger partial charge in [-0.15, -0.1) is 20.5 Å². The topological polar surface area (TPSA) is 49.4 Å². The highest BCUT2D eigenvalue weighted by atomic mass is 79.9. The van der Waals surface area contributed by atoms with Gasteiger partial charge in [0.1, 0.15) is 6.54 Å². The van der Waals surface area contributed by atoms with Gasteiger partial charge < -0.3 is 21.5 Å². The molecule has 2 heterocycles. The van der Waals surface area contributed by atoms with E-state index in [1.807, 2.05) is 0 Å². The minimum absolute atomic E-state index is 0. The van der Waals surface area contributed by atoms with Crippen molar-refractivity contribution in [1.29, 1.82) is 0 Å². The molecule has 0 saturated heterocycles. The predicted octanol–water partition coefficient (Wildman–Crippen LogP) is 5.01. The van der Waals surface area contributed by atoms with E-state index in [4.69, 9.17) is 0 Å². The summed E-state index contributed by atoms with van der Waals surface area (Å²) in [5.41, 5.74) is -2.48. The average Bonchev–Trinajstić information content (AvgIpc) is 3.76. The smallest absolute Gasteiger partial charge is 0.442 e. The lowest BCUT2D eigenvalue weighted by molar-refractivity contribution is -0.936. The molecule has 2 aliphatic heterocycles. The van der Waals surface area contributed by atoms with Crippen LogP contribution in [0.5, 0.6) is 0 Å². The zero-order valence-electron chi connectivity index (χ0n) is 20.4. The Balaban J connectivity index is 0.000000266. The van der Waals surface area contributed by atoms with Gasteiger partial charge in [0.15, 0.2) is 0 Å². The summed E-state index contributed by atoms with van der Waals surface area (Å²) >= 11 is 3.22. The van der Waals surface area contributed by atoms with Crippen molar-refractivity contribution in [2.24, 2.45) is 20.5 Å². The van der Waals surface area contributed by atoms with E-state index in [1.165, 1.54) is 24.3 Å².